The molecule has 100 valence electrons. The van der Waals surface area contributed by atoms with Gasteiger partial charge in [-0.1, -0.05) is 6.07 Å². The number of halogens is 1. The Labute approximate surface area is 118 Å². The van der Waals surface area contributed by atoms with Gasteiger partial charge >= 0.3 is 0 Å². The number of carbonyl (C=O) groups is 1. The van der Waals surface area contributed by atoms with Gasteiger partial charge in [0.15, 0.2) is 5.78 Å². The third-order valence-corrected chi connectivity index (χ3v) is 3.66. The zero-order chi connectivity index (χ0) is 14.0. The molecule has 19 heavy (non-hydrogen) atoms. The van der Waals surface area contributed by atoms with Gasteiger partial charge in [0.05, 0.1) is 18.1 Å². The average molecular weight is 277 g/mol. The van der Waals surface area contributed by atoms with Crippen LogP contribution in [0.25, 0.3) is 0 Å². The molecule has 0 bridgehead atoms. The normalized spacial score (nSPS) is 10.7. The Bertz CT molecular complexity index is 617. The number of hydrogen-bond donors (Lipinski definition) is 0. The van der Waals surface area contributed by atoms with Crippen LogP contribution in [0.1, 0.15) is 33.0 Å². The summed E-state index contributed by atoms with van der Waals surface area (Å²) in [5.41, 5.74) is 4.89. The van der Waals surface area contributed by atoms with Crippen LogP contribution in [0.2, 0.25) is 0 Å². The molecule has 3 nitrogen and oxygen atoms in total. The van der Waals surface area contributed by atoms with Crippen molar-refractivity contribution in [3.8, 4) is 0 Å². The molecule has 0 spiro atoms. The van der Waals surface area contributed by atoms with E-state index in [4.69, 9.17) is 11.6 Å². The lowest BCUT2D eigenvalue weighted by molar-refractivity contribution is 0.102. The van der Waals surface area contributed by atoms with E-state index in [1.165, 1.54) is 0 Å². The Morgan fingerprint density at radius 2 is 2.11 bits per heavy atom. The van der Waals surface area contributed by atoms with Crippen LogP contribution in [0.3, 0.4) is 0 Å². The summed E-state index contributed by atoms with van der Waals surface area (Å²) in [5.74, 6) is -0.00818. The average Bonchev–Trinajstić information content (AvgIpc) is 2.68. The first-order chi connectivity index (χ1) is 9.04. The zero-order valence-corrected chi connectivity index (χ0v) is 12.2. The lowest BCUT2D eigenvalue weighted by Crippen LogP contribution is -2.08. The van der Waals surface area contributed by atoms with Crippen LogP contribution in [-0.2, 0) is 6.54 Å². The number of pyridine rings is 1. The molecule has 0 aromatic carbocycles. The predicted molar refractivity (Wildman–Crippen MR) is 77.0 cm³/mol. The van der Waals surface area contributed by atoms with E-state index in [1.807, 2.05) is 39.0 Å². The highest BCUT2D eigenvalue weighted by molar-refractivity contribution is 6.30. The SMILES string of the molecule is Cc1cccnc1Cn1c(C)cc(C(=O)CCl)c1C. The predicted octanol–water partition coefficient (Wildman–Crippen LogP) is 3.28. The molecule has 0 aliphatic rings. The molecule has 4 heteroatoms. The molecule has 2 aromatic heterocycles. The fourth-order valence-corrected chi connectivity index (χ4v) is 2.38. The van der Waals surface area contributed by atoms with E-state index >= 15 is 0 Å². The molecule has 2 heterocycles. The van der Waals surface area contributed by atoms with E-state index in [0.717, 1.165) is 22.6 Å². The van der Waals surface area contributed by atoms with Crippen LogP contribution in [0.15, 0.2) is 24.4 Å². The van der Waals surface area contributed by atoms with Crippen LogP contribution in [-0.4, -0.2) is 21.2 Å². The van der Waals surface area contributed by atoms with E-state index in [2.05, 4.69) is 9.55 Å². The standard InChI is InChI=1S/C15H17ClN2O/c1-10-5-4-6-17-14(10)9-18-11(2)7-13(12(18)3)15(19)8-16/h4-7H,8-9H2,1-3H3. The van der Waals surface area contributed by atoms with Crippen molar-refractivity contribution >= 4 is 17.4 Å². The number of nitrogens with zero attached hydrogens (tertiary/aromatic N) is 2. The highest BCUT2D eigenvalue weighted by atomic mass is 35.5. The van der Waals surface area contributed by atoms with Crippen molar-refractivity contribution in [3.63, 3.8) is 0 Å². The molecule has 0 aliphatic carbocycles. The second kappa shape index (κ2) is 5.57. The van der Waals surface area contributed by atoms with Gasteiger partial charge in [-0.05, 0) is 38.5 Å². The van der Waals surface area contributed by atoms with Gasteiger partial charge in [0.1, 0.15) is 0 Å². The lowest BCUT2D eigenvalue weighted by atomic mass is 10.2. The molecule has 0 amide bonds. The molecule has 0 atom stereocenters. The van der Waals surface area contributed by atoms with Crippen molar-refractivity contribution in [3.05, 3.63) is 52.6 Å². The lowest BCUT2D eigenvalue weighted by Gasteiger charge is -2.11. The third kappa shape index (κ3) is 2.71. The minimum atomic E-state index is -0.0289. The van der Waals surface area contributed by atoms with E-state index in [-0.39, 0.29) is 11.7 Å². The van der Waals surface area contributed by atoms with Crippen molar-refractivity contribution in [2.45, 2.75) is 27.3 Å². The number of aromatic nitrogens is 2. The molecule has 2 aromatic rings. The number of ketones is 1. The Balaban J connectivity index is 2.39. The van der Waals surface area contributed by atoms with E-state index in [9.17, 15) is 4.79 Å². The van der Waals surface area contributed by atoms with Crippen LogP contribution in [0.5, 0.6) is 0 Å². The van der Waals surface area contributed by atoms with Gasteiger partial charge in [-0.25, -0.2) is 0 Å². The highest BCUT2D eigenvalue weighted by Crippen LogP contribution is 2.18. The maximum atomic E-state index is 11.8. The second-order valence-electron chi connectivity index (χ2n) is 4.69. The quantitative estimate of drug-likeness (QED) is 0.634. The summed E-state index contributed by atoms with van der Waals surface area (Å²) in [4.78, 5) is 16.2. The molecule has 0 saturated carbocycles. The zero-order valence-electron chi connectivity index (χ0n) is 11.4. The number of Topliss-reactive ketones (excluding diaryl/α,β-unsaturated/α-hetero) is 1. The summed E-state index contributed by atoms with van der Waals surface area (Å²) in [6, 6.07) is 5.87. The first kappa shape index (κ1) is 13.8. The minimum Gasteiger partial charge on any atom is -0.342 e. The fourth-order valence-electron chi connectivity index (χ4n) is 2.23. The van der Waals surface area contributed by atoms with Crippen molar-refractivity contribution < 1.29 is 4.79 Å². The van der Waals surface area contributed by atoms with Crippen LogP contribution in [0.4, 0.5) is 0 Å². The third-order valence-electron chi connectivity index (χ3n) is 3.42. The van der Waals surface area contributed by atoms with Gasteiger partial charge in [0, 0.05) is 23.1 Å². The largest absolute Gasteiger partial charge is 0.342 e. The summed E-state index contributed by atoms with van der Waals surface area (Å²) in [6.45, 7) is 6.67. The highest BCUT2D eigenvalue weighted by Gasteiger charge is 2.15. The summed E-state index contributed by atoms with van der Waals surface area (Å²) >= 11 is 5.63. The number of rotatable bonds is 4. The minimum absolute atomic E-state index is 0.0207. The number of aryl methyl sites for hydroxylation is 2. The first-order valence-electron chi connectivity index (χ1n) is 6.21. The van der Waals surface area contributed by atoms with E-state index in [1.54, 1.807) is 6.20 Å². The van der Waals surface area contributed by atoms with Crippen LogP contribution >= 0.6 is 11.6 Å². The topological polar surface area (TPSA) is 34.9 Å². The first-order valence-corrected chi connectivity index (χ1v) is 6.74. The number of carbonyl (C=O) groups excluding carboxylic acids is 1. The van der Waals surface area contributed by atoms with Gasteiger partial charge in [-0.15, -0.1) is 11.6 Å². The maximum Gasteiger partial charge on any atom is 0.179 e. The monoisotopic (exact) mass is 276 g/mol. The van der Waals surface area contributed by atoms with Crippen molar-refractivity contribution in [1.29, 1.82) is 0 Å². The molecule has 0 radical (unpaired) electrons. The van der Waals surface area contributed by atoms with Crippen LogP contribution < -0.4 is 0 Å². The van der Waals surface area contributed by atoms with Crippen LogP contribution in [0, 0.1) is 20.8 Å². The van der Waals surface area contributed by atoms with Gasteiger partial charge in [-0.2, -0.15) is 0 Å². The second-order valence-corrected chi connectivity index (χ2v) is 4.96. The number of hydrogen-bond acceptors (Lipinski definition) is 2. The molecule has 0 fully saturated rings. The summed E-state index contributed by atoms with van der Waals surface area (Å²) in [5, 5.41) is 0. The van der Waals surface area contributed by atoms with E-state index in [0.29, 0.717) is 12.1 Å². The molecule has 0 N–H and O–H groups in total. The Morgan fingerprint density at radius 1 is 1.37 bits per heavy atom. The van der Waals surface area contributed by atoms with Crippen molar-refractivity contribution in [2.75, 3.05) is 5.88 Å². The smallest absolute Gasteiger partial charge is 0.179 e. The summed E-state index contributed by atoms with van der Waals surface area (Å²) < 4.78 is 2.11. The summed E-state index contributed by atoms with van der Waals surface area (Å²) in [7, 11) is 0. The molecule has 0 saturated heterocycles. The number of alkyl halides is 1. The molecular weight excluding hydrogens is 260 g/mol. The van der Waals surface area contributed by atoms with Gasteiger partial charge in [-0.3, -0.25) is 9.78 Å². The Hall–Kier alpha value is -1.61. The van der Waals surface area contributed by atoms with E-state index < -0.39 is 0 Å². The molecule has 0 aliphatic heterocycles. The maximum absolute atomic E-state index is 11.8. The van der Waals surface area contributed by atoms with Gasteiger partial charge in [0.2, 0.25) is 0 Å². The summed E-state index contributed by atoms with van der Waals surface area (Å²) in [6.07, 6.45) is 1.79. The van der Waals surface area contributed by atoms with Crippen molar-refractivity contribution in [1.82, 2.24) is 9.55 Å². The Kier molecular flexibility index (Phi) is 4.05. The fraction of sp³-hybridized carbons (Fsp3) is 0.333. The van der Waals surface area contributed by atoms with Gasteiger partial charge < -0.3 is 4.57 Å². The molecule has 2 rings (SSSR count). The van der Waals surface area contributed by atoms with Gasteiger partial charge in [0.25, 0.3) is 0 Å². The Morgan fingerprint density at radius 3 is 2.74 bits per heavy atom. The van der Waals surface area contributed by atoms with Crippen molar-refractivity contribution in [2.24, 2.45) is 0 Å². The molecule has 0 unspecified atom stereocenters. The molecular formula is C15H17ClN2O.